The molecule has 2 amide bonds. The van der Waals surface area contributed by atoms with E-state index in [0.717, 1.165) is 36.5 Å². The van der Waals surface area contributed by atoms with Crippen molar-refractivity contribution in [3.8, 4) is 0 Å². The maximum absolute atomic E-state index is 12.3. The van der Waals surface area contributed by atoms with Crippen molar-refractivity contribution in [2.75, 3.05) is 11.4 Å². The highest BCUT2D eigenvalue weighted by Crippen LogP contribution is 2.31. The number of para-hydroxylation sites is 1. The Morgan fingerprint density at radius 1 is 1.18 bits per heavy atom. The van der Waals surface area contributed by atoms with E-state index >= 15 is 0 Å². The normalized spacial score (nSPS) is 24.1. The van der Waals surface area contributed by atoms with Crippen molar-refractivity contribution >= 4 is 28.9 Å². The maximum atomic E-state index is 12.3. The van der Waals surface area contributed by atoms with Gasteiger partial charge < -0.3 is 4.90 Å². The van der Waals surface area contributed by atoms with Gasteiger partial charge in [0.25, 0.3) is 0 Å². The van der Waals surface area contributed by atoms with Crippen molar-refractivity contribution in [3.05, 3.63) is 30.3 Å². The fourth-order valence-corrected chi connectivity index (χ4v) is 3.03. The number of benzene rings is 1. The fourth-order valence-electron chi connectivity index (χ4n) is 2.60. The molecule has 2 heterocycles. The molecule has 3 rings (SSSR count). The molecule has 0 bridgehead atoms. The quantitative estimate of drug-likeness (QED) is 0.711. The number of piperidine rings is 1. The smallest absolute Gasteiger partial charge is 0.315 e. The molecule has 1 unspecified atom stereocenters. The Labute approximate surface area is 106 Å². The molecule has 1 aromatic rings. The number of carbonyl (C=O) groups is 1. The fraction of sp³-hybridized carbons (Fsp3) is 0.385. The lowest BCUT2D eigenvalue weighted by Gasteiger charge is -2.26. The van der Waals surface area contributed by atoms with Gasteiger partial charge >= 0.3 is 6.03 Å². The molecule has 0 aliphatic carbocycles. The first-order chi connectivity index (χ1) is 8.29. The van der Waals surface area contributed by atoms with E-state index < -0.39 is 0 Å². The summed E-state index contributed by atoms with van der Waals surface area (Å²) in [6, 6.07) is 9.87. The number of thiocarbonyl (C=S) groups is 1. The molecule has 2 aliphatic heterocycles. The van der Waals surface area contributed by atoms with Gasteiger partial charge in [-0.05, 0) is 31.4 Å². The van der Waals surface area contributed by atoms with Gasteiger partial charge in [0.2, 0.25) is 0 Å². The second kappa shape index (κ2) is 4.11. The van der Waals surface area contributed by atoms with Crippen LogP contribution in [-0.4, -0.2) is 28.5 Å². The third-order valence-corrected chi connectivity index (χ3v) is 3.91. The van der Waals surface area contributed by atoms with Crippen molar-refractivity contribution in [1.29, 1.82) is 0 Å². The van der Waals surface area contributed by atoms with Crippen LogP contribution in [-0.2, 0) is 0 Å². The Morgan fingerprint density at radius 3 is 2.65 bits per heavy atom. The molecule has 0 aromatic heterocycles. The van der Waals surface area contributed by atoms with Crippen LogP contribution in [0.3, 0.4) is 0 Å². The van der Waals surface area contributed by atoms with Gasteiger partial charge in [0.1, 0.15) is 4.99 Å². The number of urea groups is 1. The molecular weight excluding hydrogens is 232 g/mol. The van der Waals surface area contributed by atoms with Crippen LogP contribution in [0, 0.1) is 0 Å². The summed E-state index contributed by atoms with van der Waals surface area (Å²) in [5, 5.41) is 0. The van der Waals surface area contributed by atoms with E-state index in [9.17, 15) is 4.79 Å². The van der Waals surface area contributed by atoms with E-state index in [0.29, 0.717) is 0 Å². The van der Waals surface area contributed by atoms with Crippen LogP contribution in [0.5, 0.6) is 0 Å². The van der Waals surface area contributed by atoms with Gasteiger partial charge in [-0.25, -0.2) is 4.79 Å². The minimum absolute atomic E-state index is 0.0471. The van der Waals surface area contributed by atoms with Crippen LogP contribution in [0.1, 0.15) is 19.3 Å². The molecule has 17 heavy (non-hydrogen) atoms. The molecule has 4 heteroatoms. The largest absolute Gasteiger partial charge is 0.330 e. The second-order valence-electron chi connectivity index (χ2n) is 4.50. The molecule has 0 N–H and O–H groups in total. The topological polar surface area (TPSA) is 23.6 Å². The van der Waals surface area contributed by atoms with E-state index in [1.807, 2.05) is 35.2 Å². The number of rotatable bonds is 1. The molecule has 88 valence electrons. The highest BCUT2D eigenvalue weighted by atomic mass is 32.1. The van der Waals surface area contributed by atoms with Crippen molar-refractivity contribution < 1.29 is 4.79 Å². The lowest BCUT2D eigenvalue weighted by atomic mass is 10.0. The summed E-state index contributed by atoms with van der Waals surface area (Å²) in [6.07, 6.45) is 3.26. The Morgan fingerprint density at radius 2 is 1.94 bits per heavy atom. The van der Waals surface area contributed by atoms with Crippen LogP contribution >= 0.6 is 12.2 Å². The summed E-state index contributed by atoms with van der Waals surface area (Å²) >= 11 is 5.46. The van der Waals surface area contributed by atoms with E-state index in [1.54, 1.807) is 4.90 Å². The van der Waals surface area contributed by atoms with E-state index in [-0.39, 0.29) is 12.1 Å². The molecule has 0 radical (unpaired) electrons. The first kappa shape index (κ1) is 10.7. The number of anilines is 1. The molecule has 2 fully saturated rings. The summed E-state index contributed by atoms with van der Waals surface area (Å²) < 4.78 is 0. The summed E-state index contributed by atoms with van der Waals surface area (Å²) in [5.74, 6) is 0. The lowest BCUT2D eigenvalue weighted by Crippen LogP contribution is -2.38. The zero-order valence-corrected chi connectivity index (χ0v) is 10.3. The molecule has 1 atom stereocenters. The van der Waals surface area contributed by atoms with E-state index in [2.05, 4.69) is 0 Å². The number of carbonyl (C=O) groups excluding carboxylic acids is 1. The first-order valence-corrected chi connectivity index (χ1v) is 6.39. The maximum Gasteiger partial charge on any atom is 0.330 e. The van der Waals surface area contributed by atoms with Gasteiger partial charge in [-0.3, -0.25) is 4.90 Å². The van der Waals surface area contributed by atoms with Crippen molar-refractivity contribution in [2.24, 2.45) is 0 Å². The van der Waals surface area contributed by atoms with Crippen LogP contribution in [0.2, 0.25) is 0 Å². The summed E-state index contributed by atoms with van der Waals surface area (Å²) in [4.78, 5) is 16.7. The van der Waals surface area contributed by atoms with Crippen molar-refractivity contribution in [1.82, 2.24) is 4.90 Å². The molecule has 0 spiro atoms. The number of hydrogen-bond donors (Lipinski definition) is 0. The number of fused-ring (bicyclic) bond motifs is 1. The third kappa shape index (κ3) is 1.63. The van der Waals surface area contributed by atoms with E-state index in [4.69, 9.17) is 12.2 Å². The van der Waals surface area contributed by atoms with Gasteiger partial charge in [0.15, 0.2) is 0 Å². The van der Waals surface area contributed by atoms with Gasteiger partial charge in [-0.2, -0.15) is 0 Å². The van der Waals surface area contributed by atoms with Crippen LogP contribution in [0.4, 0.5) is 10.5 Å². The molecule has 2 aliphatic rings. The number of amides is 2. The van der Waals surface area contributed by atoms with Gasteiger partial charge in [-0.15, -0.1) is 0 Å². The summed E-state index contributed by atoms with van der Waals surface area (Å²) in [5.41, 5.74) is 0.886. The van der Waals surface area contributed by atoms with E-state index in [1.165, 1.54) is 0 Å². The summed E-state index contributed by atoms with van der Waals surface area (Å²) in [6.45, 7) is 0.840. The Hall–Kier alpha value is -1.42. The number of nitrogens with zero attached hydrogens (tertiary/aromatic N) is 2. The SMILES string of the molecule is O=C1N(c2ccccc2)C(=S)C2CCCCN12. The van der Waals surface area contributed by atoms with Gasteiger partial charge in [-0.1, -0.05) is 30.4 Å². The Bertz CT molecular complexity index is 436. The molecule has 2 saturated heterocycles. The molecular formula is C13H14N2OS. The zero-order valence-electron chi connectivity index (χ0n) is 9.50. The molecule has 0 saturated carbocycles. The van der Waals surface area contributed by atoms with Crippen LogP contribution < -0.4 is 4.90 Å². The predicted octanol–water partition coefficient (Wildman–Crippen LogP) is 2.81. The highest BCUT2D eigenvalue weighted by molar-refractivity contribution is 7.80. The minimum Gasteiger partial charge on any atom is -0.315 e. The van der Waals surface area contributed by atoms with Crippen LogP contribution in [0.15, 0.2) is 30.3 Å². The monoisotopic (exact) mass is 246 g/mol. The second-order valence-corrected chi connectivity index (χ2v) is 4.92. The van der Waals surface area contributed by atoms with Gasteiger partial charge in [0.05, 0.1) is 11.7 Å². The Balaban J connectivity index is 1.96. The summed E-state index contributed by atoms with van der Waals surface area (Å²) in [7, 11) is 0. The predicted molar refractivity (Wildman–Crippen MR) is 71.3 cm³/mol. The van der Waals surface area contributed by atoms with Crippen molar-refractivity contribution in [3.63, 3.8) is 0 Å². The molecule has 1 aromatic carbocycles. The van der Waals surface area contributed by atoms with Crippen LogP contribution in [0.25, 0.3) is 0 Å². The average molecular weight is 246 g/mol. The zero-order chi connectivity index (χ0) is 11.8. The molecule has 3 nitrogen and oxygen atoms in total. The third-order valence-electron chi connectivity index (χ3n) is 3.46. The highest BCUT2D eigenvalue weighted by Gasteiger charge is 2.43. The average Bonchev–Trinajstić information content (AvgIpc) is 2.64. The lowest BCUT2D eigenvalue weighted by molar-refractivity contribution is 0.193. The first-order valence-electron chi connectivity index (χ1n) is 5.98. The van der Waals surface area contributed by atoms with Crippen molar-refractivity contribution in [2.45, 2.75) is 25.3 Å². The minimum atomic E-state index is 0.0471. The standard InChI is InChI=1S/C13H14N2OS/c16-13-14-9-5-4-8-11(14)12(17)15(13)10-6-2-1-3-7-10/h1-3,6-7,11H,4-5,8-9H2. The Kier molecular flexibility index (Phi) is 2.59. The van der Waals surface area contributed by atoms with Gasteiger partial charge in [0, 0.05) is 6.54 Å². The number of hydrogen-bond acceptors (Lipinski definition) is 2.